The summed E-state index contributed by atoms with van der Waals surface area (Å²) in [6.07, 6.45) is 1.52. The maximum absolute atomic E-state index is 13.2. The van der Waals surface area contributed by atoms with Crippen LogP contribution in [-0.4, -0.2) is 14.7 Å². The lowest BCUT2D eigenvalue weighted by molar-refractivity contribution is 0.274. The first-order chi connectivity index (χ1) is 8.60. The number of imidazole rings is 1. The van der Waals surface area contributed by atoms with E-state index >= 15 is 0 Å². The van der Waals surface area contributed by atoms with Gasteiger partial charge in [0.2, 0.25) is 0 Å². The molecule has 0 amide bonds. The van der Waals surface area contributed by atoms with E-state index in [1.54, 1.807) is 17.7 Å². The first-order valence-electron chi connectivity index (χ1n) is 5.29. The van der Waals surface area contributed by atoms with Crippen LogP contribution in [0.3, 0.4) is 0 Å². The molecule has 0 unspecified atom stereocenters. The van der Waals surface area contributed by atoms with Gasteiger partial charge in [-0.2, -0.15) is 0 Å². The van der Waals surface area contributed by atoms with E-state index < -0.39 is 5.82 Å². The molecule has 0 atom stereocenters. The van der Waals surface area contributed by atoms with Crippen LogP contribution in [0, 0.1) is 5.82 Å². The van der Waals surface area contributed by atoms with Crippen molar-refractivity contribution in [2.24, 2.45) is 7.05 Å². The van der Waals surface area contributed by atoms with Crippen LogP contribution in [0.15, 0.2) is 24.4 Å². The van der Waals surface area contributed by atoms with E-state index in [2.05, 4.69) is 4.98 Å². The molecular formula is C12H12ClFN2O2. The molecule has 0 radical (unpaired) electrons. The zero-order valence-electron chi connectivity index (χ0n) is 9.73. The number of rotatable bonds is 4. The van der Waals surface area contributed by atoms with Gasteiger partial charge in [-0.3, -0.25) is 0 Å². The third-order valence-corrected chi connectivity index (χ3v) is 2.86. The van der Waals surface area contributed by atoms with E-state index in [1.165, 1.54) is 18.3 Å². The third kappa shape index (κ3) is 2.80. The van der Waals surface area contributed by atoms with Gasteiger partial charge in [-0.1, -0.05) is 11.6 Å². The molecular weight excluding hydrogens is 259 g/mol. The molecule has 1 aromatic heterocycles. The predicted molar refractivity (Wildman–Crippen MR) is 64.9 cm³/mol. The second-order valence-corrected chi connectivity index (χ2v) is 4.19. The van der Waals surface area contributed by atoms with Gasteiger partial charge < -0.3 is 14.4 Å². The van der Waals surface area contributed by atoms with Crippen molar-refractivity contribution in [1.29, 1.82) is 0 Å². The molecule has 6 heteroatoms. The Bertz CT molecular complexity index is 557. The molecule has 4 nitrogen and oxygen atoms in total. The van der Waals surface area contributed by atoms with Gasteiger partial charge in [0.1, 0.15) is 29.2 Å². The highest BCUT2D eigenvalue weighted by Gasteiger charge is 2.06. The molecule has 0 saturated carbocycles. The Morgan fingerprint density at radius 2 is 2.22 bits per heavy atom. The van der Waals surface area contributed by atoms with Crippen molar-refractivity contribution in [2.75, 3.05) is 0 Å². The molecule has 0 spiro atoms. The van der Waals surface area contributed by atoms with Gasteiger partial charge in [-0.15, -0.1) is 0 Å². The standard InChI is InChI=1S/C12H12ClFN2O2/c1-16-11(13)5-15-12(16)7-18-10-3-8(6-17)2-9(14)4-10/h2-5,17H,6-7H2,1H3. The number of aromatic nitrogens is 2. The quantitative estimate of drug-likeness (QED) is 0.927. The molecule has 1 N–H and O–H groups in total. The highest BCUT2D eigenvalue weighted by Crippen LogP contribution is 2.18. The largest absolute Gasteiger partial charge is 0.486 e. The van der Waals surface area contributed by atoms with Gasteiger partial charge in [0.15, 0.2) is 0 Å². The first kappa shape index (κ1) is 12.9. The van der Waals surface area contributed by atoms with E-state index in [9.17, 15) is 4.39 Å². The number of aliphatic hydroxyl groups is 1. The van der Waals surface area contributed by atoms with Crippen molar-refractivity contribution < 1.29 is 14.2 Å². The van der Waals surface area contributed by atoms with Crippen molar-refractivity contribution in [3.63, 3.8) is 0 Å². The summed E-state index contributed by atoms with van der Waals surface area (Å²) in [5.74, 6) is 0.530. The molecule has 2 aromatic rings. The van der Waals surface area contributed by atoms with Crippen LogP contribution in [0.2, 0.25) is 5.15 Å². The maximum atomic E-state index is 13.2. The van der Waals surface area contributed by atoms with Crippen molar-refractivity contribution in [3.05, 3.63) is 46.8 Å². The van der Waals surface area contributed by atoms with Crippen LogP contribution in [0.5, 0.6) is 5.75 Å². The van der Waals surface area contributed by atoms with Crippen molar-refractivity contribution >= 4 is 11.6 Å². The summed E-state index contributed by atoms with van der Waals surface area (Å²) in [6, 6.07) is 4.09. The fourth-order valence-electron chi connectivity index (χ4n) is 1.50. The lowest BCUT2D eigenvalue weighted by Gasteiger charge is -2.08. The highest BCUT2D eigenvalue weighted by atomic mass is 35.5. The summed E-state index contributed by atoms with van der Waals surface area (Å²) in [5, 5.41) is 9.47. The van der Waals surface area contributed by atoms with E-state index in [1.807, 2.05) is 0 Å². The van der Waals surface area contributed by atoms with Crippen molar-refractivity contribution in [2.45, 2.75) is 13.2 Å². The van der Waals surface area contributed by atoms with Gasteiger partial charge in [0.05, 0.1) is 12.8 Å². The Labute approximate surface area is 109 Å². The summed E-state index contributed by atoms with van der Waals surface area (Å²) in [6.45, 7) is -0.0557. The number of aliphatic hydroxyl groups excluding tert-OH is 1. The molecule has 0 saturated heterocycles. The van der Waals surface area contributed by atoms with Crippen LogP contribution in [0.25, 0.3) is 0 Å². The maximum Gasteiger partial charge on any atom is 0.147 e. The molecule has 18 heavy (non-hydrogen) atoms. The van der Waals surface area contributed by atoms with Gasteiger partial charge in [0.25, 0.3) is 0 Å². The number of ether oxygens (including phenoxy) is 1. The number of hydrogen-bond donors (Lipinski definition) is 1. The van der Waals surface area contributed by atoms with Crippen LogP contribution in [0.1, 0.15) is 11.4 Å². The van der Waals surface area contributed by atoms with Gasteiger partial charge in [0, 0.05) is 13.1 Å². The topological polar surface area (TPSA) is 47.3 Å². The zero-order valence-corrected chi connectivity index (χ0v) is 10.5. The molecule has 1 aromatic carbocycles. The van der Waals surface area contributed by atoms with E-state index in [4.69, 9.17) is 21.4 Å². The molecule has 0 aliphatic rings. The second-order valence-electron chi connectivity index (χ2n) is 3.80. The first-order valence-corrected chi connectivity index (χ1v) is 5.67. The number of nitrogens with zero attached hydrogens (tertiary/aromatic N) is 2. The fraction of sp³-hybridized carbons (Fsp3) is 0.250. The zero-order chi connectivity index (χ0) is 13.1. The molecule has 0 aliphatic heterocycles. The normalized spacial score (nSPS) is 10.7. The highest BCUT2D eigenvalue weighted by molar-refractivity contribution is 6.29. The molecule has 96 valence electrons. The number of hydrogen-bond acceptors (Lipinski definition) is 3. The molecule has 0 bridgehead atoms. The average molecular weight is 271 g/mol. The Balaban J connectivity index is 2.10. The summed E-state index contributed by atoms with van der Waals surface area (Å²) in [5.41, 5.74) is 0.461. The number of halogens is 2. The minimum absolute atomic E-state index is 0.178. The molecule has 0 aliphatic carbocycles. The van der Waals surface area contributed by atoms with Crippen LogP contribution in [-0.2, 0) is 20.3 Å². The summed E-state index contributed by atoms with van der Waals surface area (Å²) in [7, 11) is 1.76. The van der Waals surface area contributed by atoms with Crippen LogP contribution in [0.4, 0.5) is 4.39 Å². The predicted octanol–water partition coefficient (Wildman–Crippen LogP) is 2.28. The number of benzene rings is 1. The Kier molecular flexibility index (Phi) is 3.84. The second kappa shape index (κ2) is 5.37. The van der Waals surface area contributed by atoms with Gasteiger partial charge in [-0.05, 0) is 17.7 Å². The van der Waals surface area contributed by atoms with E-state index in [0.717, 1.165) is 0 Å². The molecule has 0 fully saturated rings. The Hall–Kier alpha value is -1.59. The van der Waals surface area contributed by atoms with E-state index in [-0.39, 0.29) is 13.2 Å². The van der Waals surface area contributed by atoms with Crippen molar-refractivity contribution in [3.8, 4) is 5.75 Å². The van der Waals surface area contributed by atoms with Gasteiger partial charge >= 0.3 is 0 Å². The van der Waals surface area contributed by atoms with Crippen molar-refractivity contribution in [1.82, 2.24) is 9.55 Å². The monoisotopic (exact) mass is 270 g/mol. The Morgan fingerprint density at radius 3 is 2.83 bits per heavy atom. The van der Waals surface area contributed by atoms with Crippen LogP contribution < -0.4 is 4.74 Å². The third-order valence-electron chi connectivity index (χ3n) is 2.51. The summed E-state index contributed by atoms with van der Waals surface area (Å²) >= 11 is 5.84. The molecule has 2 rings (SSSR count). The lowest BCUT2D eigenvalue weighted by atomic mass is 10.2. The molecule has 1 heterocycles. The minimum atomic E-state index is -0.450. The van der Waals surface area contributed by atoms with E-state index in [0.29, 0.717) is 22.3 Å². The minimum Gasteiger partial charge on any atom is -0.486 e. The smallest absolute Gasteiger partial charge is 0.147 e. The summed E-state index contributed by atoms with van der Waals surface area (Å²) in [4.78, 5) is 4.06. The SMILES string of the molecule is Cn1c(Cl)cnc1COc1cc(F)cc(CO)c1. The van der Waals surface area contributed by atoms with Gasteiger partial charge in [-0.25, -0.2) is 9.37 Å². The van der Waals surface area contributed by atoms with Crippen LogP contribution >= 0.6 is 11.6 Å². The Morgan fingerprint density at radius 1 is 1.44 bits per heavy atom. The average Bonchev–Trinajstić information content (AvgIpc) is 2.67. The summed E-state index contributed by atoms with van der Waals surface area (Å²) < 4.78 is 20.3. The fourth-order valence-corrected chi connectivity index (χ4v) is 1.65. The lowest BCUT2D eigenvalue weighted by Crippen LogP contribution is -2.04.